The molecule has 0 bridgehead atoms. The summed E-state index contributed by atoms with van der Waals surface area (Å²) in [5, 5.41) is 2.78. The van der Waals surface area contributed by atoms with Crippen molar-refractivity contribution >= 4 is 5.91 Å². The molecule has 25 heavy (non-hydrogen) atoms. The van der Waals surface area contributed by atoms with E-state index in [2.05, 4.69) is 60.8 Å². The second-order valence-corrected chi connectivity index (χ2v) is 6.14. The highest BCUT2D eigenvalue weighted by molar-refractivity contribution is 5.77. The summed E-state index contributed by atoms with van der Waals surface area (Å²) < 4.78 is 0. The van der Waals surface area contributed by atoms with Crippen LogP contribution in [0.1, 0.15) is 71.1 Å². The van der Waals surface area contributed by atoms with E-state index >= 15 is 0 Å². The van der Waals surface area contributed by atoms with Gasteiger partial charge in [-0.25, -0.2) is 0 Å². The van der Waals surface area contributed by atoms with E-state index in [-0.39, 0.29) is 12.5 Å². The molecule has 0 heterocycles. The van der Waals surface area contributed by atoms with Gasteiger partial charge in [-0.1, -0.05) is 68.4 Å². The largest absolute Gasteiger partial charge is 0.355 e. The number of carbonyl (C=O) groups excluding carboxylic acids is 1. The third-order valence-electron chi connectivity index (χ3n) is 3.76. The maximum atomic E-state index is 10.9. The molecule has 142 valence electrons. The van der Waals surface area contributed by atoms with E-state index in [0.29, 0.717) is 0 Å². The number of allylic oxidation sites excluding steroid dienone is 8. The first-order chi connectivity index (χ1) is 12.3. The Labute approximate surface area is 155 Å². The van der Waals surface area contributed by atoms with Crippen molar-refractivity contribution in [3.8, 4) is 0 Å². The number of amides is 1. The molecule has 0 aromatic rings. The van der Waals surface area contributed by atoms with E-state index in [9.17, 15) is 4.79 Å². The Kier molecular flexibility index (Phi) is 19.1. The first-order valence-electron chi connectivity index (χ1n) is 9.88. The lowest BCUT2D eigenvalue weighted by Crippen LogP contribution is -2.30. The lowest BCUT2D eigenvalue weighted by molar-refractivity contribution is -0.119. The van der Waals surface area contributed by atoms with Crippen LogP contribution >= 0.6 is 0 Å². The molecule has 0 saturated heterocycles. The van der Waals surface area contributed by atoms with Crippen LogP contribution in [0.15, 0.2) is 48.6 Å². The van der Waals surface area contributed by atoms with Gasteiger partial charge in [-0.15, -0.1) is 0 Å². The van der Waals surface area contributed by atoms with Crippen molar-refractivity contribution in [2.45, 2.75) is 71.1 Å². The van der Waals surface area contributed by atoms with E-state index in [1.165, 1.54) is 25.7 Å². The standard InChI is InChI=1S/C22H38N2O/c1-2-3-4-5-6-7-8-9-10-11-12-13-14-15-16-17-18-19-20-24-22(25)21-23/h6-7,9-10,12-13,15-16H,2-5,8,11,14,17-21,23H2,1H3,(H,24,25). The molecule has 0 aromatic carbocycles. The normalized spacial score (nSPS) is 12.2. The zero-order valence-electron chi connectivity index (χ0n) is 16.1. The SMILES string of the molecule is CCCCCC=CCC=CCC=CCC=CCCCCNC(=O)CN. The molecule has 3 nitrogen and oxygen atoms in total. The van der Waals surface area contributed by atoms with E-state index < -0.39 is 0 Å². The molecule has 0 spiro atoms. The Morgan fingerprint density at radius 2 is 1.24 bits per heavy atom. The predicted molar refractivity (Wildman–Crippen MR) is 110 cm³/mol. The minimum absolute atomic E-state index is 0.0716. The van der Waals surface area contributed by atoms with Gasteiger partial charge in [0.1, 0.15) is 0 Å². The summed E-state index contributed by atoms with van der Waals surface area (Å²) in [5.74, 6) is -0.0716. The Balaban J connectivity index is 3.39. The maximum absolute atomic E-state index is 10.9. The number of nitrogens with one attached hydrogen (secondary N) is 1. The Hall–Kier alpha value is -1.61. The monoisotopic (exact) mass is 346 g/mol. The molecule has 0 radical (unpaired) electrons. The lowest BCUT2D eigenvalue weighted by atomic mass is 10.2. The first-order valence-corrected chi connectivity index (χ1v) is 9.88. The van der Waals surface area contributed by atoms with Gasteiger partial charge in [0, 0.05) is 6.54 Å². The average Bonchev–Trinajstić information content (AvgIpc) is 2.63. The molecule has 0 rings (SSSR count). The summed E-state index contributed by atoms with van der Waals surface area (Å²) in [7, 11) is 0. The van der Waals surface area contributed by atoms with E-state index in [4.69, 9.17) is 5.73 Å². The Morgan fingerprint density at radius 3 is 1.72 bits per heavy atom. The van der Waals surface area contributed by atoms with Gasteiger partial charge in [-0.2, -0.15) is 0 Å². The minimum atomic E-state index is -0.0716. The van der Waals surface area contributed by atoms with Crippen LogP contribution in [-0.4, -0.2) is 19.0 Å². The number of carbonyl (C=O) groups is 1. The van der Waals surface area contributed by atoms with E-state index in [0.717, 1.165) is 45.1 Å². The van der Waals surface area contributed by atoms with Crippen LogP contribution in [0, 0.1) is 0 Å². The van der Waals surface area contributed by atoms with Crippen LogP contribution in [0.25, 0.3) is 0 Å². The topological polar surface area (TPSA) is 55.1 Å². The summed E-state index contributed by atoms with van der Waals surface area (Å²) in [6.07, 6.45) is 29.3. The second kappa shape index (κ2) is 20.4. The zero-order chi connectivity index (χ0) is 18.4. The number of unbranched alkanes of at least 4 members (excludes halogenated alkanes) is 5. The van der Waals surface area contributed by atoms with E-state index in [1.54, 1.807) is 0 Å². The highest BCUT2D eigenvalue weighted by Gasteiger charge is 1.93. The highest BCUT2D eigenvalue weighted by atomic mass is 16.1. The average molecular weight is 347 g/mol. The van der Waals surface area contributed by atoms with Gasteiger partial charge in [-0.3, -0.25) is 4.79 Å². The van der Waals surface area contributed by atoms with Crippen LogP contribution in [-0.2, 0) is 4.79 Å². The fraction of sp³-hybridized carbons (Fsp3) is 0.591. The molecule has 0 aliphatic heterocycles. The first kappa shape index (κ1) is 23.4. The molecular formula is C22H38N2O. The van der Waals surface area contributed by atoms with Gasteiger partial charge in [0.15, 0.2) is 0 Å². The van der Waals surface area contributed by atoms with Gasteiger partial charge in [0.25, 0.3) is 0 Å². The number of rotatable bonds is 16. The molecule has 0 aromatic heterocycles. The molecule has 0 fully saturated rings. The highest BCUT2D eigenvalue weighted by Crippen LogP contribution is 2.01. The number of hydrogen-bond acceptors (Lipinski definition) is 2. The van der Waals surface area contributed by atoms with Crippen molar-refractivity contribution in [1.82, 2.24) is 5.32 Å². The summed E-state index contributed by atoms with van der Waals surface area (Å²) in [6.45, 7) is 3.05. The van der Waals surface area contributed by atoms with Crippen LogP contribution in [0.2, 0.25) is 0 Å². The predicted octanol–water partition coefficient (Wildman–Crippen LogP) is 5.21. The van der Waals surface area contributed by atoms with Gasteiger partial charge in [0.2, 0.25) is 5.91 Å². The Morgan fingerprint density at radius 1 is 0.760 bits per heavy atom. The van der Waals surface area contributed by atoms with Gasteiger partial charge < -0.3 is 11.1 Å². The van der Waals surface area contributed by atoms with Crippen molar-refractivity contribution in [3.05, 3.63) is 48.6 Å². The Bertz CT molecular complexity index is 408. The summed E-state index contributed by atoms with van der Waals surface area (Å²) >= 11 is 0. The van der Waals surface area contributed by atoms with Crippen molar-refractivity contribution in [1.29, 1.82) is 0 Å². The lowest BCUT2D eigenvalue weighted by Gasteiger charge is -2.01. The van der Waals surface area contributed by atoms with Crippen LogP contribution in [0.4, 0.5) is 0 Å². The van der Waals surface area contributed by atoms with Crippen molar-refractivity contribution in [2.75, 3.05) is 13.1 Å². The molecule has 0 saturated carbocycles. The fourth-order valence-electron chi connectivity index (χ4n) is 2.25. The smallest absolute Gasteiger partial charge is 0.233 e. The molecule has 0 unspecified atom stereocenters. The number of hydrogen-bond donors (Lipinski definition) is 2. The summed E-state index contributed by atoms with van der Waals surface area (Å²) in [4.78, 5) is 10.9. The van der Waals surface area contributed by atoms with Crippen LogP contribution in [0.5, 0.6) is 0 Å². The molecule has 0 aliphatic carbocycles. The maximum Gasteiger partial charge on any atom is 0.233 e. The van der Waals surface area contributed by atoms with Gasteiger partial charge in [0.05, 0.1) is 6.54 Å². The number of nitrogens with two attached hydrogens (primary N) is 1. The van der Waals surface area contributed by atoms with Crippen LogP contribution < -0.4 is 11.1 Å². The zero-order valence-corrected chi connectivity index (χ0v) is 16.1. The third kappa shape index (κ3) is 20.3. The molecular weight excluding hydrogens is 308 g/mol. The van der Waals surface area contributed by atoms with Crippen LogP contribution in [0.3, 0.4) is 0 Å². The van der Waals surface area contributed by atoms with Crippen molar-refractivity contribution in [3.63, 3.8) is 0 Å². The molecule has 3 heteroatoms. The third-order valence-corrected chi connectivity index (χ3v) is 3.76. The fourth-order valence-corrected chi connectivity index (χ4v) is 2.25. The summed E-state index contributed by atoms with van der Waals surface area (Å²) in [6, 6.07) is 0. The molecule has 0 aliphatic rings. The minimum Gasteiger partial charge on any atom is -0.355 e. The molecule has 0 atom stereocenters. The summed E-state index contributed by atoms with van der Waals surface area (Å²) in [5.41, 5.74) is 5.22. The van der Waals surface area contributed by atoms with E-state index in [1.807, 2.05) is 0 Å². The van der Waals surface area contributed by atoms with Crippen molar-refractivity contribution < 1.29 is 4.79 Å². The van der Waals surface area contributed by atoms with Crippen molar-refractivity contribution in [2.24, 2.45) is 5.73 Å². The quantitative estimate of drug-likeness (QED) is 0.298. The molecule has 3 N–H and O–H groups in total. The second-order valence-electron chi connectivity index (χ2n) is 6.14. The van der Waals surface area contributed by atoms with Gasteiger partial charge >= 0.3 is 0 Å². The molecule has 1 amide bonds. The van der Waals surface area contributed by atoms with Gasteiger partial charge in [-0.05, 0) is 51.4 Å².